The number of hydrogen-bond acceptors (Lipinski definition) is 3. The number of hydrogen-bond donors (Lipinski definition) is 0. The summed E-state index contributed by atoms with van der Waals surface area (Å²) in [6, 6.07) is 0. The van der Waals surface area contributed by atoms with E-state index in [4.69, 9.17) is 4.43 Å². The Bertz CT molecular complexity index is 510. The van der Waals surface area contributed by atoms with Crippen LogP contribution in [0.5, 0.6) is 0 Å². The standard InChI is InChI=1S/C12H20N2OSSi/c1-12(2,3)17(4,5)15-8-10-11-14(9-13-10)6-7-16-11/h6-7,9H,8H2,1-5H3. The van der Waals surface area contributed by atoms with Gasteiger partial charge in [-0.2, -0.15) is 0 Å². The molecule has 0 aromatic carbocycles. The number of rotatable bonds is 3. The molecule has 2 heterocycles. The Morgan fingerprint density at radius 2 is 2.12 bits per heavy atom. The predicted molar refractivity (Wildman–Crippen MR) is 75.1 cm³/mol. The van der Waals surface area contributed by atoms with E-state index in [1.165, 1.54) is 4.83 Å². The van der Waals surface area contributed by atoms with E-state index in [2.05, 4.69) is 48.6 Å². The topological polar surface area (TPSA) is 26.5 Å². The molecule has 0 saturated carbocycles. The van der Waals surface area contributed by atoms with Gasteiger partial charge in [0, 0.05) is 11.6 Å². The van der Waals surface area contributed by atoms with Crippen molar-refractivity contribution in [2.75, 3.05) is 0 Å². The zero-order chi connectivity index (χ0) is 12.7. The third kappa shape index (κ3) is 2.46. The van der Waals surface area contributed by atoms with Crippen molar-refractivity contribution in [1.29, 1.82) is 0 Å². The maximum absolute atomic E-state index is 6.19. The molecule has 5 heteroatoms. The average molecular weight is 268 g/mol. The van der Waals surface area contributed by atoms with Gasteiger partial charge in [-0.1, -0.05) is 20.8 Å². The van der Waals surface area contributed by atoms with Crippen LogP contribution < -0.4 is 0 Å². The first-order chi connectivity index (χ1) is 7.81. The third-order valence-corrected chi connectivity index (χ3v) is 9.00. The van der Waals surface area contributed by atoms with Crippen LogP contribution in [0.2, 0.25) is 18.1 Å². The second-order valence-electron chi connectivity index (χ2n) is 5.86. The van der Waals surface area contributed by atoms with Gasteiger partial charge in [-0.3, -0.25) is 4.40 Å². The zero-order valence-electron chi connectivity index (χ0n) is 11.2. The van der Waals surface area contributed by atoms with Crippen LogP contribution in [0.4, 0.5) is 0 Å². The highest BCUT2D eigenvalue weighted by Crippen LogP contribution is 2.37. The minimum absolute atomic E-state index is 0.251. The molecule has 0 aliphatic heterocycles. The van der Waals surface area contributed by atoms with Gasteiger partial charge in [0.2, 0.25) is 0 Å². The molecule has 0 atom stereocenters. The van der Waals surface area contributed by atoms with Crippen LogP contribution in [0.3, 0.4) is 0 Å². The van der Waals surface area contributed by atoms with Crippen LogP contribution in [0, 0.1) is 0 Å². The minimum Gasteiger partial charge on any atom is -0.411 e. The molecule has 0 bridgehead atoms. The van der Waals surface area contributed by atoms with Crippen molar-refractivity contribution in [3.8, 4) is 0 Å². The van der Waals surface area contributed by atoms with Crippen molar-refractivity contribution in [2.45, 2.75) is 45.5 Å². The Morgan fingerprint density at radius 1 is 1.41 bits per heavy atom. The van der Waals surface area contributed by atoms with Crippen LogP contribution >= 0.6 is 11.3 Å². The van der Waals surface area contributed by atoms with Gasteiger partial charge in [0.1, 0.15) is 16.9 Å². The highest BCUT2D eigenvalue weighted by Gasteiger charge is 2.37. The van der Waals surface area contributed by atoms with E-state index in [-0.39, 0.29) is 5.04 Å². The summed E-state index contributed by atoms with van der Waals surface area (Å²) in [6.45, 7) is 11.9. The molecule has 0 unspecified atom stereocenters. The highest BCUT2D eigenvalue weighted by molar-refractivity contribution is 7.15. The van der Waals surface area contributed by atoms with E-state index in [1.54, 1.807) is 11.3 Å². The summed E-state index contributed by atoms with van der Waals surface area (Å²) in [5.41, 5.74) is 1.06. The second-order valence-corrected chi connectivity index (χ2v) is 11.6. The monoisotopic (exact) mass is 268 g/mol. The van der Waals surface area contributed by atoms with Crippen molar-refractivity contribution in [3.05, 3.63) is 23.6 Å². The molecule has 0 fully saturated rings. The van der Waals surface area contributed by atoms with Crippen molar-refractivity contribution in [3.63, 3.8) is 0 Å². The fourth-order valence-electron chi connectivity index (χ4n) is 1.35. The van der Waals surface area contributed by atoms with Gasteiger partial charge < -0.3 is 4.43 Å². The molecule has 0 aliphatic rings. The summed E-state index contributed by atoms with van der Waals surface area (Å²) in [5, 5.41) is 2.33. The van der Waals surface area contributed by atoms with Gasteiger partial charge in [-0.25, -0.2) is 4.98 Å². The number of aromatic nitrogens is 2. The Morgan fingerprint density at radius 3 is 2.76 bits per heavy atom. The predicted octanol–water partition coefficient (Wildman–Crippen LogP) is 3.92. The molecule has 0 spiro atoms. The first-order valence-corrected chi connectivity index (χ1v) is 9.63. The maximum Gasteiger partial charge on any atom is 0.192 e. The number of imidazole rings is 1. The SMILES string of the molecule is CC(C)(C)[Si](C)(C)OCc1ncn2ccsc12. The molecule has 0 N–H and O–H groups in total. The molecular formula is C12H20N2OSSi. The molecule has 2 rings (SSSR count). The molecular weight excluding hydrogens is 248 g/mol. The summed E-state index contributed by atoms with van der Waals surface area (Å²) >= 11 is 1.71. The quantitative estimate of drug-likeness (QED) is 0.789. The first kappa shape index (κ1) is 12.8. The zero-order valence-corrected chi connectivity index (χ0v) is 13.0. The van der Waals surface area contributed by atoms with E-state index in [0.29, 0.717) is 6.61 Å². The van der Waals surface area contributed by atoms with Crippen molar-refractivity contribution in [2.24, 2.45) is 0 Å². The fraction of sp³-hybridized carbons (Fsp3) is 0.583. The minimum atomic E-state index is -1.67. The fourth-order valence-corrected chi connectivity index (χ4v) is 3.08. The van der Waals surface area contributed by atoms with Gasteiger partial charge >= 0.3 is 0 Å². The Balaban J connectivity index is 2.11. The number of thiazole rings is 1. The van der Waals surface area contributed by atoms with Crippen molar-refractivity contribution < 1.29 is 4.43 Å². The third-order valence-electron chi connectivity index (χ3n) is 3.60. The first-order valence-electron chi connectivity index (χ1n) is 5.84. The van der Waals surface area contributed by atoms with Crippen LogP contribution in [0.15, 0.2) is 17.9 Å². The highest BCUT2D eigenvalue weighted by atomic mass is 32.1. The molecule has 2 aromatic heterocycles. The van der Waals surface area contributed by atoms with E-state index in [9.17, 15) is 0 Å². The molecule has 0 aliphatic carbocycles. The normalized spacial score (nSPS) is 13.5. The van der Waals surface area contributed by atoms with E-state index in [1.807, 2.05) is 12.5 Å². The second kappa shape index (κ2) is 4.22. The molecule has 17 heavy (non-hydrogen) atoms. The van der Waals surface area contributed by atoms with Gasteiger partial charge in [0.15, 0.2) is 8.32 Å². The summed E-state index contributed by atoms with van der Waals surface area (Å²) < 4.78 is 8.24. The van der Waals surface area contributed by atoms with Crippen LogP contribution in [0.25, 0.3) is 4.83 Å². The lowest BCUT2D eigenvalue weighted by atomic mass is 10.2. The summed E-state index contributed by atoms with van der Waals surface area (Å²) in [5.74, 6) is 0. The Labute approximate surface area is 108 Å². The van der Waals surface area contributed by atoms with Crippen molar-refractivity contribution in [1.82, 2.24) is 9.38 Å². The Hall–Kier alpha value is -0.653. The molecule has 0 amide bonds. The molecule has 0 radical (unpaired) electrons. The molecule has 94 valence electrons. The summed E-state index contributed by atoms with van der Waals surface area (Å²) in [7, 11) is -1.67. The molecule has 0 saturated heterocycles. The molecule has 3 nitrogen and oxygen atoms in total. The summed E-state index contributed by atoms with van der Waals surface area (Å²) in [6.07, 6.45) is 3.89. The smallest absolute Gasteiger partial charge is 0.192 e. The lowest BCUT2D eigenvalue weighted by Crippen LogP contribution is -2.40. The number of fused-ring (bicyclic) bond motifs is 1. The maximum atomic E-state index is 6.19. The van der Waals surface area contributed by atoms with E-state index >= 15 is 0 Å². The van der Waals surface area contributed by atoms with Gasteiger partial charge in [-0.05, 0) is 18.1 Å². The van der Waals surface area contributed by atoms with E-state index in [0.717, 1.165) is 5.69 Å². The Kier molecular flexibility index (Phi) is 3.18. The lowest BCUT2D eigenvalue weighted by Gasteiger charge is -2.35. The number of nitrogens with zero attached hydrogens (tertiary/aromatic N) is 2. The van der Waals surface area contributed by atoms with Gasteiger partial charge in [0.25, 0.3) is 0 Å². The van der Waals surface area contributed by atoms with Gasteiger partial charge in [-0.15, -0.1) is 11.3 Å². The van der Waals surface area contributed by atoms with Crippen LogP contribution in [0.1, 0.15) is 26.5 Å². The van der Waals surface area contributed by atoms with Crippen molar-refractivity contribution >= 4 is 24.5 Å². The lowest BCUT2D eigenvalue weighted by molar-refractivity contribution is 0.274. The molecule has 2 aromatic rings. The van der Waals surface area contributed by atoms with E-state index < -0.39 is 8.32 Å². The summed E-state index contributed by atoms with van der Waals surface area (Å²) in [4.78, 5) is 5.61. The average Bonchev–Trinajstić information content (AvgIpc) is 2.74. The largest absolute Gasteiger partial charge is 0.411 e. The van der Waals surface area contributed by atoms with Gasteiger partial charge in [0.05, 0.1) is 6.61 Å². The van der Waals surface area contributed by atoms with Crippen LogP contribution in [-0.4, -0.2) is 17.7 Å². The van der Waals surface area contributed by atoms with Crippen LogP contribution in [-0.2, 0) is 11.0 Å².